The fourth-order valence-electron chi connectivity index (χ4n) is 2.48. The van der Waals surface area contributed by atoms with Gasteiger partial charge in [-0.1, -0.05) is 0 Å². The van der Waals surface area contributed by atoms with E-state index in [0.29, 0.717) is 10.9 Å². The Kier molecular flexibility index (Phi) is 6.10. The van der Waals surface area contributed by atoms with Gasteiger partial charge in [-0.15, -0.1) is 9.28 Å². The molecular weight excluding hydrogens is 342 g/mol. The van der Waals surface area contributed by atoms with Gasteiger partial charge in [0, 0.05) is 19.5 Å². The maximum absolute atomic E-state index is 11.6. The Bertz CT molecular complexity index is 628. The molecule has 1 atom stereocenters. The Hall–Kier alpha value is -1.76. The number of piperidine rings is 1. The highest BCUT2D eigenvalue weighted by molar-refractivity contribution is 7.80. The number of aliphatic imine (C=N–C) groups is 2. The van der Waals surface area contributed by atoms with Gasteiger partial charge in [-0.2, -0.15) is 18.5 Å². The van der Waals surface area contributed by atoms with Crippen molar-refractivity contribution in [2.75, 3.05) is 19.7 Å². The third-order valence-corrected chi connectivity index (χ3v) is 3.82. The number of ether oxygens (including phenoxy) is 1. The molecule has 2 heterocycles. The Morgan fingerprint density at radius 1 is 1.42 bits per heavy atom. The molecule has 1 saturated heterocycles. The molecule has 1 unspecified atom stereocenters. The van der Waals surface area contributed by atoms with E-state index in [4.69, 9.17) is 15.0 Å². The lowest BCUT2D eigenvalue weighted by Crippen LogP contribution is -2.53. The van der Waals surface area contributed by atoms with Crippen molar-refractivity contribution in [1.82, 2.24) is 9.96 Å². The highest BCUT2D eigenvalue weighted by Gasteiger charge is 2.33. The molecule has 0 aromatic heterocycles. The van der Waals surface area contributed by atoms with Crippen LogP contribution < -0.4 is 5.73 Å². The van der Waals surface area contributed by atoms with E-state index in [0.717, 1.165) is 32.4 Å². The summed E-state index contributed by atoms with van der Waals surface area (Å²) in [5, 5.41) is 0.583. The zero-order chi connectivity index (χ0) is 17.7. The van der Waals surface area contributed by atoms with E-state index < -0.39 is 22.7 Å². The average Bonchev–Trinajstić information content (AvgIpc) is 2.50. The van der Waals surface area contributed by atoms with Gasteiger partial charge in [0.2, 0.25) is 0 Å². The van der Waals surface area contributed by atoms with Crippen LogP contribution in [0.4, 0.5) is 4.79 Å². The molecule has 2 aliphatic heterocycles. The van der Waals surface area contributed by atoms with Crippen LogP contribution in [0.25, 0.3) is 0 Å². The quantitative estimate of drug-likeness (QED) is 0.666. The normalized spacial score (nSPS) is 24.0. The van der Waals surface area contributed by atoms with Crippen LogP contribution in [-0.2, 0) is 19.4 Å². The molecule has 0 bridgehead atoms. The minimum absolute atomic E-state index is 0.0868. The predicted molar refractivity (Wildman–Crippen MR) is 84.4 cm³/mol. The number of guanidine groups is 1. The van der Waals surface area contributed by atoms with Crippen LogP contribution in [0.3, 0.4) is 0 Å². The topological polar surface area (TPSA) is 147 Å². The molecule has 0 aromatic rings. The summed E-state index contributed by atoms with van der Waals surface area (Å²) < 4.78 is 39.9. The first-order valence-electron chi connectivity index (χ1n) is 7.60. The Morgan fingerprint density at radius 3 is 2.67 bits per heavy atom. The largest absolute Gasteiger partial charge is 0.448 e. The molecule has 136 valence electrons. The minimum atomic E-state index is -4.85. The molecule has 0 radical (unpaired) electrons. The molecule has 12 heteroatoms. The van der Waals surface area contributed by atoms with E-state index in [1.807, 2.05) is 4.90 Å². The van der Waals surface area contributed by atoms with Gasteiger partial charge in [0.15, 0.2) is 0 Å². The van der Waals surface area contributed by atoms with E-state index in [2.05, 4.69) is 14.3 Å². The van der Waals surface area contributed by atoms with Crippen LogP contribution in [0.5, 0.6) is 0 Å². The lowest BCUT2D eigenvalue weighted by atomic mass is 10.1. The summed E-state index contributed by atoms with van der Waals surface area (Å²) in [5.41, 5.74) is 5.91. The Balaban J connectivity index is 2.31. The number of amides is 1. The lowest BCUT2D eigenvalue weighted by Gasteiger charge is -2.36. The van der Waals surface area contributed by atoms with Crippen LogP contribution in [0.1, 0.15) is 32.6 Å². The van der Waals surface area contributed by atoms with Crippen molar-refractivity contribution in [3.05, 3.63) is 0 Å². The molecular formula is C12H21N5O6S. The summed E-state index contributed by atoms with van der Waals surface area (Å²) in [6.07, 6.45) is 1.35. The first-order valence-corrected chi connectivity index (χ1v) is 8.96. The van der Waals surface area contributed by atoms with Gasteiger partial charge in [-0.25, -0.2) is 4.79 Å². The van der Waals surface area contributed by atoms with Crippen molar-refractivity contribution in [3.63, 3.8) is 0 Å². The van der Waals surface area contributed by atoms with Gasteiger partial charge in [0.1, 0.15) is 12.0 Å². The van der Waals surface area contributed by atoms with Gasteiger partial charge in [-0.05, 0) is 26.2 Å². The van der Waals surface area contributed by atoms with Crippen LogP contribution >= 0.6 is 0 Å². The zero-order valence-corrected chi connectivity index (χ0v) is 14.1. The second kappa shape index (κ2) is 7.88. The molecule has 1 amide bonds. The first kappa shape index (κ1) is 18.6. The molecule has 1 fully saturated rings. The monoisotopic (exact) mass is 363 g/mol. The van der Waals surface area contributed by atoms with Crippen molar-refractivity contribution >= 4 is 28.3 Å². The second-order valence-electron chi connectivity index (χ2n) is 5.29. The highest BCUT2D eigenvalue weighted by Crippen LogP contribution is 2.18. The van der Waals surface area contributed by atoms with Crippen molar-refractivity contribution in [2.45, 2.75) is 38.8 Å². The van der Waals surface area contributed by atoms with Crippen LogP contribution in [0, 0.1) is 0 Å². The fraction of sp³-hybridized carbons (Fsp3) is 0.750. The second-order valence-corrected chi connectivity index (χ2v) is 6.29. The molecule has 24 heavy (non-hydrogen) atoms. The molecule has 0 spiro atoms. The molecule has 2 rings (SSSR count). The van der Waals surface area contributed by atoms with E-state index in [9.17, 15) is 13.2 Å². The fourth-order valence-corrected chi connectivity index (χ4v) is 2.86. The SMILES string of the molecule is CCOC(=O)N=C1N=C(N2CCCCC2)CC(N)N1OS(=O)(=O)O. The number of hydrogen-bond donors (Lipinski definition) is 2. The summed E-state index contributed by atoms with van der Waals surface area (Å²) >= 11 is 0. The average molecular weight is 363 g/mol. The number of hydrogen-bond acceptors (Lipinski definition) is 7. The van der Waals surface area contributed by atoms with Crippen molar-refractivity contribution in [1.29, 1.82) is 0 Å². The van der Waals surface area contributed by atoms with Crippen molar-refractivity contribution in [3.8, 4) is 0 Å². The smallest absolute Gasteiger partial charge is 0.436 e. The van der Waals surface area contributed by atoms with E-state index >= 15 is 0 Å². The number of amidine groups is 1. The Morgan fingerprint density at radius 2 is 2.08 bits per heavy atom. The highest BCUT2D eigenvalue weighted by atomic mass is 32.3. The number of hydroxylamine groups is 2. The molecule has 0 aromatic carbocycles. The number of nitrogens with zero attached hydrogens (tertiary/aromatic N) is 4. The summed E-state index contributed by atoms with van der Waals surface area (Å²) in [6, 6.07) is 0. The first-order chi connectivity index (χ1) is 11.3. The van der Waals surface area contributed by atoms with Gasteiger partial charge >= 0.3 is 16.5 Å². The maximum Gasteiger partial charge on any atom is 0.436 e. The van der Waals surface area contributed by atoms with Crippen LogP contribution in [0.2, 0.25) is 0 Å². The minimum Gasteiger partial charge on any atom is -0.448 e. The summed E-state index contributed by atoms with van der Waals surface area (Å²) in [4.78, 5) is 21.3. The Labute approximate surface area is 140 Å². The summed E-state index contributed by atoms with van der Waals surface area (Å²) in [6.45, 7) is 3.26. The van der Waals surface area contributed by atoms with E-state index in [1.165, 1.54) is 0 Å². The van der Waals surface area contributed by atoms with Gasteiger partial charge in [-0.3, -0.25) is 4.55 Å². The molecule has 3 N–H and O–H groups in total. The number of likely N-dealkylation sites (tertiary alicyclic amines) is 1. The third kappa shape index (κ3) is 5.12. The number of nitrogens with two attached hydrogens (primary N) is 1. The zero-order valence-electron chi connectivity index (χ0n) is 13.3. The van der Waals surface area contributed by atoms with Gasteiger partial charge < -0.3 is 15.4 Å². The van der Waals surface area contributed by atoms with E-state index in [-0.39, 0.29) is 19.0 Å². The molecule has 11 nitrogen and oxygen atoms in total. The predicted octanol–water partition coefficient (Wildman–Crippen LogP) is 0.108. The standard InChI is InChI=1S/C12H21N5O6S/c1-2-22-12(18)15-11-14-10(16-6-4-3-5-7-16)8-9(13)17(11)23-24(19,20)21/h9H,2-8,13H2,1H3,(H,19,20,21). The van der Waals surface area contributed by atoms with Gasteiger partial charge in [0.05, 0.1) is 6.61 Å². The number of rotatable bonds is 3. The van der Waals surface area contributed by atoms with Crippen LogP contribution in [0.15, 0.2) is 9.98 Å². The van der Waals surface area contributed by atoms with E-state index in [1.54, 1.807) is 6.92 Å². The molecule has 0 saturated carbocycles. The third-order valence-electron chi connectivity index (χ3n) is 3.47. The van der Waals surface area contributed by atoms with Crippen molar-refractivity contribution in [2.24, 2.45) is 15.7 Å². The maximum atomic E-state index is 11.6. The van der Waals surface area contributed by atoms with Gasteiger partial charge in [0.25, 0.3) is 5.96 Å². The number of carbonyl (C=O) groups is 1. The number of carbonyl (C=O) groups excluding carboxylic acids is 1. The van der Waals surface area contributed by atoms with Crippen molar-refractivity contribution < 1.29 is 26.8 Å². The molecule has 0 aliphatic carbocycles. The summed E-state index contributed by atoms with van der Waals surface area (Å²) in [5.74, 6) is 0.200. The van der Waals surface area contributed by atoms with Crippen LogP contribution in [-0.4, -0.2) is 66.7 Å². The molecule has 2 aliphatic rings. The lowest BCUT2D eigenvalue weighted by molar-refractivity contribution is -0.0266. The summed E-state index contributed by atoms with van der Waals surface area (Å²) in [7, 11) is -4.85.